The van der Waals surface area contributed by atoms with E-state index in [2.05, 4.69) is 41.5 Å². The molecule has 1 saturated carbocycles. The second-order valence-corrected chi connectivity index (χ2v) is 6.25. The summed E-state index contributed by atoms with van der Waals surface area (Å²) < 4.78 is 0. The minimum absolute atomic E-state index is 0.716. The SMILES string of the molecule is CCCC1CCC(NCc2cccc3cc[nH]c23)CC1. The molecule has 0 radical (unpaired) electrons. The van der Waals surface area contributed by atoms with Crippen molar-refractivity contribution >= 4 is 10.9 Å². The average Bonchev–Trinajstić information content (AvgIpc) is 2.96. The van der Waals surface area contributed by atoms with Crippen LogP contribution in [0.1, 0.15) is 51.0 Å². The van der Waals surface area contributed by atoms with Gasteiger partial charge in [-0.2, -0.15) is 0 Å². The van der Waals surface area contributed by atoms with Gasteiger partial charge in [0, 0.05) is 24.3 Å². The molecule has 1 aliphatic carbocycles. The van der Waals surface area contributed by atoms with Crippen molar-refractivity contribution in [1.82, 2.24) is 10.3 Å². The fourth-order valence-electron chi connectivity index (χ4n) is 3.61. The van der Waals surface area contributed by atoms with Crippen molar-refractivity contribution in [3.05, 3.63) is 36.0 Å². The van der Waals surface area contributed by atoms with Crippen molar-refractivity contribution in [1.29, 1.82) is 0 Å². The maximum absolute atomic E-state index is 3.76. The Labute approximate surface area is 122 Å². The Kier molecular flexibility index (Phi) is 4.41. The molecule has 20 heavy (non-hydrogen) atoms. The molecule has 2 aromatic rings. The van der Waals surface area contributed by atoms with E-state index in [4.69, 9.17) is 0 Å². The number of para-hydroxylation sites is 1. The summed E-state index contributed by atoms with van der Waals surface area (Å²) in [7, 11) is 0. The molecule has 108 valence electrons. The van der Waals surface area contributed by atoms with Crippen LogP contribution in [0.5, 0.6) is 0 Å². The Hall–Kier alpha value is -1.28. The second-order valence-electron chi connectivity index (χ2n) is 6.25. The second kappa shape index (κ2) is 6.45. The molecule has 1 aliphatic rings. The molecule has 0 saturated heterocycles. The van der Waals surface area contributed by atoms with Gasteiger partial charge in [0.2, 0.25) is 0 Å². The van der Waals surface area contributed by atoms with Crippen LogP contribution in [0, 0.1) is 5.92 Å². The zero-order valence-electron chi connectivity index (χ0n) is 12.5. The largest absolute Gasteiger partial charge is 0.361 e. The Balaban J connectivity index is 1.54. The molecule has 0 atom stereocenters. The number of fused-ring (bicyclic) bond motifs is 1. The van der Waals surface area contributed by atoms with Crippen molar-refractivity contribution in [3.63, 3.8) is 0 Å². The normalized spacial score (nSPS) is 23.2. The maximum Gasteiger partial charge on any atom is 0.0499 e. The molecule has 0 amide bonds. The smallest absolute Gasteiger partial charge is 0.0499 e. The zero-order valence-corrected chi connectivity index (χ0v) is 12.5. The summed E-state index contributed by atoms with van der Waals surface area (Å²) in [5.41, 5.74) is 2.68. The summed E-state index contributed by atoms with van der Waals surface area (Å²) in [5, 5.41) is 5.08. The summed E-state index contributed by atoms with van der Waals surface area (Å²) in [6.45, 7) is 3.29. The van der Waals surface area contributed by atoms with Gasteiger partial charge in [0.05, 0.1) is 0 Å². The average molecular weight is 270 g/mol. The first-order valence-corrected chi connectivity index (χ1v) is 8.15. The highest BCUT2D eigenvalue weighted by atomic mass is 14.9. The van der Waals surface area contributed by atoms with Crippen molar-refractivity contribution in [3.8, 4) is 0 Å². The predicted octanol–water partition coefficient (Wildman–Crippen LogP) is 4.62. The fraction of sp³-hybridized carbons (Fsp3) is 0.556. The third kappa shape index (κ3) is 3.06. The van der Waals surface area contributed by atoms with Gasteiger partial charge >= 0.3 is 0 Å². The highest BCUT2D eigenvalue weighted by Crippen LogP contribution is 2.28. The number of aromatic nitrogens is 1. The minimum Gasteiger partial charge on any atom is -0.361 e. The first kappa shape index (κ1) is 13.7. The number of hydrogen-bond donors (Lipinski definition) is 2. The van der Waals surface area contributed by atoms with Crippen LogP contribution in [-0.2, 0) is 6.54 Å². The molecule has 2 heteroatoms. The van der Waals surface area contributed by atoms with E-state index in [0.717, 1.165) is 12.5 Å². The molecule has 0 spiro atoms. The quantitative estimate of drug-likeness (QED) is 0.815. The van der Waals surface area contributed by atoms with Crippen LogP contribution >= 0.6 is 0 Å². The first-order valence-electron chi connectivity index (χ1n) is 8.15. The number of hydrogen-bond acceptors (Lipinski definition) is 1. The van der Waals surface area contributed by atoms with E-state index in [1.807, 2.05) is 6.20 Å². The maximum atomic E-state index is 3.76. The molecule has 0 unspecified atom stereocenters. The van der Waals surface area contributed by atoms with E-state index in [-0.39, 0.29) is 0 Å². The molecular weight excluding hydrogens is 244 g/mol. The van der Waals surface area contributed by atoms with Gasteiger partial charge in [-0.15, -0.1) is 0 Å². The fourth-order valence-corrected chi connectivity index (χ4v) is 3.61. The minimum atomic E-state index is 0.716. The van der Waals surface area contributed by atoms with E-state index in [1.54, 1.807) is 0 Å². The number of rotatable bonds is 5. The molecular formula is C18H26N2. The van der Waals surface area contributed by atoms with Gasteiger partial charge in [0.1, 0.15) is 0 Å². The van der Waals surface area contributed by atoms with Crippen molar-refractivity contribution in [2.24, 2.45) is 5.92 Å². The molecule has 1 heterocycles. The summed E-state index contributed by atoms with van der Waals surface area (Å²) in [4.78, 5) is 3.36. The predicted molar refractivity (Wildman–Crippen MR) is 85.8 cm³/mol. The van der Waals surface area contributed by atoms with E-state index < -0.39 is 0 Å². The Bertz CT molecular complexity index is 535. The molecule has 2 nitrogen and oxygen atoms in total. The lowest BCUT2D eigenvalue weighted by Gasteiger charge is -2.29. The summed E-state index contributed by atoms with van der Waals surface area (Å²) in [6, 6.07) is 9.42. The van der Waals surface area contributed by atoms with Crippen molar-refractivity contribution in [2.75, 3.05) is 0 Å². The van der Waals surface area contributed by atoms with Crippen molar-refractivity contribution < 1.29 is 0 Å². The van der Waals surface area contributed by atoms with Gasteiger partial charge < -0.3 is 10.3 Å². The third-order valence-electron chi connectivity index (χ3n) is 4.80. The summed E-state index contributed by atoms with van der Waals surface area (Å²) >= 11 is 0. The molecule has 2 N–H and O–H groups in total. The van der Waals surface area contributed by atoms with Gasteiger partial charge in [-0.1, -0.05) is 38.0 Å². The molecule has 1 aromatic heterocycles. The zero-order chi connectivity index (χ0) is 13.8. The summed E-state index contributed by atoms with van der Waals surface area (Å²) in [5.74, 6) is 0.991. The van der Waals surface area contributed by atoms with E-state index >= 15 is 0 Å². The molecule has 1 aromatic carbocycles. The first-order chi connectivity index (χ1) is 9.86. The Morgan fingerprint density at radius 3 is 2.80 bits per heavy atom. The standard InChI is InChI=1S/C18H26N2/c1-2-4-14-7-9-17(10-8-14)20-13-16-6-3-5-15-11-12-19-18(15)16/h3,5-6,11-12,14,17,19-20H,2,4,7-10,13H2,1H3. The molecule has 1 fully saturated rings. The summed E-state index contributed by atoms with van der Waals surface area (Å²) in [6.07, 6.45) is 10.3. The lowest BCUT2D eigenvalue weighted by molar-refractivity contribution is 0.278. The van der Waals surface area contributed by atoms with Crippen LogP contribution < -0.4 is 5.32 Å². The van der Waals surface area contributed by atoms with E-state index in [9.17, 15) is 0 Å². The molecule has 3 rings (SSSR count). The monoisotopic (exact) mass is 270 g/mol. The number of aromatic amines is 1. The van der Waals surface area contributed by atoms with Gasteiger partial charge in [-0.25, -0.2) is 0 Å². The number of nitrogens with one attached hydrogen (secondary N) is 2. The van der Waals surface area contributed by atoms with Crippen molar-refractivity contribution in [2.45, 2.75) is 58.0 Å². The van der Waals surface area contributed by atoms with Crippen LogP contribution in [0.4, 0.5) is 0 Å². The van der Waals surface area contributed by atoms with Crippen LogP contribution in [0.3, 0.4) is 0 Å². The van der Waals surface area contributed by atoms with Crippen LogP contribution in [-0.4, -0.2) is 11.0 Å². The molecule has 0 bridgehead atoms. The van der Waals surface area contributed by atoms with Crippen LogP contribution in [0.2, 0.25) is 0 Å². The van der Waals surface area contributed by atoms with Crippen LogP contribution in [0.15, 0.2) is 30.5 Å². The van der Waals surface area contributed by atoms with Gasteiger partial charge in [0.15, 0.2) is 0 Å². The van der Waals surface area contributed by atoms with Gasteiger partial charge in [0.25, 0.3) is 0 Å². The van der Waals surface area contributed by atoms with E-state index in [1.165, 1.54) is 55.0 Å². The highest BCUT2D eigenvalue weighted by molar-refractivity contribution is 5.82. The highest BCUT2D eigenvalue weighted by Gasteiger charge is 2.20. The number of benzene rings is 1. The van der Waals surface area contributed by atoms with Crippen LogP contribution in [0.25, 0.3) is 10.9 Å². The van der Waals surface area contributed by atoms with Gasteiger partial charge in [-0.3, -0.25) is 0 Å². The Morgan fingerprint density at radius 2 is 2.00 bits per heavy atom. The van der Waals surface area contributed by atoms with Gasteiger partial charge in [-0.05, 0) is 48.6 Å². The third-order valence-corrected chi connectivity index (χ3v) is 4.80. The van der Waals surface area contributed by atoms with E-state index in [0.29, 0.717) is 6.04 Å². The number of H-pyrrole nitrogens is 1. The lowest BCUT2D eigenvalue weighted by atomic mass is 9.83. The lowest BCUT2D eigenvalue weighted by Crippen LogP contribution is -2.32. The Morgan fingerprint density at radius 1 is 1.15 bits per heavy atom. The molecule has 0 aliphatic heterocycles. The topological polar surface area (TPSA) is 27.8 Å².